The Labute approximate surface area is 133 Å². The maximum Gasteiger partial charge on any atom is 0.131 e. The molecule has 1 aromatic heterocycles. The van der Waals surface area contributed by atoms with E-state index < -0.39 is 0 Å². The molecule has 0 bridgehead atoms. The molecule has 120 valence electrons. The number of hydrogen-bond acceptors (Lipinski definition) is 3. The highest BCUT2D eigenvalue weighted by atomic mass is 35.5. The van der Waals surface area contributed by atoms with Gasteiger partial charge in [-0.05, 0) is 46.3 Å². The second-order valence-electron chi connectivity index (χ2n) is 6.28. The molecule has 2 rings (SSSR count). The molecule has 4 nitrogen and oxygen atoms in total. The minimum atomic E-state index is 0.749. The second-order valence-corrected chi connectivity index (χ2v) is 6.64. The zero-order valence-electron chi connectivity index (χ0n) is 13.7. The molecule has 1 aliphatic rings. The summed E-state index contributed by atoms with van der Waals surface area (Å²) < 4.78 is 1.74. The van der Waals surface area contributed by atoms with E-state index in [9.17, 15) is 0 Å². The third-order valence-electron chi connectivity index (χ3n) is 4.63. The number of hydrogen-bond donors (Lipinski definition) is 1. The van der Waals surface area contributed by atoms with Crippen LogP contribution in [0.25, 0.3) is 0 Å². The van der Waals surface area contributed by atoms with Crippen LogP contribution in [0, 0.1) is 6.92 Å². The van der Waals surface area contributed by atoms with Gasteiger partial charge in [0.1, 0.15) is 5.15 Å². The van der Waals surface area contributed by atoms with Crippen LogP contribution >= 0.6 is 11.6 Å². The third-order valence-corrected chi connectivity index (χ3v) is 5.11. The average Bonchev–Trinajstić information content (AvgIpc) is 2.73. The fraction of sp³-hybridized carbons (Fsp3) is 0.812. The molecule has 0 amide bonds. The third kappa shape index (κ3) is 4.70. The van der Waals surface area contributed by atoms with E-state index in [1.54, 1.807) is 4.68 Å². The van der Waals surface area contributed by atoms with Gasteiger partial charge >= 0.3 is 0 Å². The molecule has 5 heteroatoms. The van der Waals surface area contributed by atoms with E-state index >= 15 is 0 Å². The van der Waals surface area contributed by atoms with Crippen molar-refractivity contribution in [1.82, 2.24) is 20.0 Å². The fourth-order valence-electron chi connectivity index (χ4n) is 3.25. The summed E-state index contributed by atoms with van der Waals surface area (Å²) >= 11 is 6.23. The quantitative estimate of drug-likeness (QED) is 0.785. The summed E-state index contributed by atoms with van der Waals surface area (Å²) in [5.41, 5.74) is 2.15. The lowest BCUT2D eigenvalue weighted by atomic mass is 9.94. The van der Waals surface area contributed by atoms with E-state index in [4.69, 9.17) is 11.6 Å². The number of nitrogens with zero attached hydrogens (tertiary/aromatic N) is 3. The van der Waals surface area contributed by atoms with Crippen LogP contribution in [0.1, 0.15) is 49.8 Å². The SMILES string of the molecule is Cc1nn(C)c(Cl)c1CNCCCN(C)C1CCCCC1. The first kappa shape index (κ1) is 16.8. The van der Waals surface area contributed by atoms with Crippen LogP contribution in [0.2, 0.25) is 5.15 Å². The Bertz CT molecular complexity index is 438. The average molecular weight is 313 g/mol. The minimum absolute atomic E-state index is 0.749. The van der Waals surface area contributed by atoms with Crippen molar-refractivity contribution in [3.8, 4) is 0 Å². The molecule has 0 radical (unpaired) electrons. The molecule has 1 aromatic rings. The van der Waals surface area contributed by atoms with Gasteiger partial charge in [-0.3, -0.25) is 4.68 Å². The van der Waals surface area contributed by atoms with Crippen LogP contribution in [-0.2, 0) is 13.6 Å². The fourth-order valence-corrected chi connectivity index (χ4v) is 3.49. The van der Waals surface area contributed by atoms with E-state index in [0.29, 0.717) is 0 Å². The Kier molecular flexibility index (Phi) is 6.52. The summed E-state index contributed by atoms with van der Waals surface area (Å²) in [6, 6.07) is 0.814. The largest absolute Gasteiger partial charge is 0.312 e. The number of rotatable bonds is 7. The highest BCUT2D eigenvalue weighted by molar-refractivity contribution is 6.30. The molecule has 1 saturated carbocycles. The Morgan fingerprint density at radius 3 is 2.67 bits per heavy atom. The lowest BCUT2D eigenvalue weighted by Gasteiger charge is -2.31. The predicted molar refractivity (Wildman–Crippen MR) is 88.8 cm³/mol. The Morgan fingerprint density at radius 2 is 2.05 bits per heavy atom. The summed E-state index contributed by atoms with van der Waals surface area (Å²) in [5, 5.41) is 8.58. The van der Waals surface area contributed by atoms with Crippen LogP contribution in [0.3, 0.4) is 0 Å². The zero-order chi connectivity index (χ0) is 15.2. The van der Waals surface area contributed by atoms with Crippen LogP contribution in [-0.4, -0.2) is 40.9 Å². The van der Waals surface area contributed by atoms with Crippen molar-refractivity contribution >= 4 is 11.6 Å². The van der Waals surface area contributed by atoms with Gasteiger partial charge in [-0.1, -0.05) is 30.9 Å². The molecule has 21 heavy (non-hydrogen) atoms. The minimum Gasteiger partial charge on any atom is -0.312 e. The van der Waals surface area contributed by atoms with Crippen LogP contribution < -0.4 is 5.32 Å². The molecule has 0 spiro atoms. The number of nitrogens with one attached hydrogen (secondary N) is 1. The molecular formula is C16H29ClN4. The van der Waals surface area contributed by atoms with Gasteiger partial charge in [-0.25, -0.2) is 0 Å². The molecule has 1 N–H and O–H groups in total. The Balaban J connectivity index is 1.63. The van der Waals surface area contributed by atoms with E-state index in [-0.39, 0.29) is 0 Å². The molecule has 1 heterocycles. The Hall–Kier alpha value is -0.580. The second kappa shape index (κ2) is 8.16. The number of halogens is 1. The topological polar surface area (TPSA) is 33.1 Å². The van der Waals surface area contributed by atoms with E-state index in [2.05, 4.69) is 22.4 Å². The monoisotopic (exact) mass is 312 g/mol. The van der Waals surface area contributed by atoms with Crippen LogP contribution in [0.15, 0.2) is 0 Å². The first-order chi connectivity index (χ1) is 10.1. The summed E-state index contributed by atoms with van der Waals surface area (Å²) in [4.78, 5) is 2.54. The van der Waals surface area contributed by atoms with Crippen LogP contribution in [0.5, 0.6) is 0 Å². The van der Waals surface area contributed by atoms with Crippen molar-refractivity contribution < 1.29 is 0 Å². The molecule has 0 aromatic carbocycles. The maximum atomic E-state index is 6.23. The van der Waals surface area contributed by atoms with E-state index in [0.717, 1.165) is 35.5 Å². The summed E-state index contributed by atoms with van der Waals surface area (Å²) in [7, 11) is 4.16. The van der Waals surface area contributed by atoms with Gasteiger partial charge in [0.05, 0.1) is 5.69 Å². The van der Waals surface area contributed by atoms with Gasteiger partial charge in [-0.2, -0.15) is 5.10 Å². The van der Waals surface area contributed by atoms with Crippen molar-refractivity contribution in [2.75, 3.05) is 20.1 Å². The molecule has 0 unspecified atom stereocenters. The van der Waals surface area contributed by atoms with Gasteiger partial charge in [0.15, 0.2) is 0 Å². The zero-order valence-corrected chi connectivity index (χ0v) is 14.4. The normalized spacial score (nSPS) is 16.8. The van der Waals surface area contributed by atoms with Crippen molar-refractivity contribution in [1.29, 1.82) is 0 Å². The number of aromatic nitrogens is 2. The highest BCUT2D eigenvalue weighted by Crippen LogP contribution is 2.21. The highest BCUT2D eigenvalue weighted by Gasteiger charge is 2.17. The Morgan fingerprint density at radius 1 is 1.33 bits per heavy atom. The smallest absolute Gasteiger partial charge is 0.131 e. The first-order valence-electron chi connectivity index (χ1n) is 8.18. The summed E-state index contributed by atoms with van der Waals surface area (Å²) in [6.07, 6.45) is 8.20. The molecular weight excluding hydrogens is 284 g/mol. The standard InChI is InChI=1S/C16H29ClN4/c1-13-15(16(17)21(3)19-13)12-18-10-7-11-20(2)14-8-5-4-6-9-14/h14,18H,4-12H2,1-3H3. The number of aryl methyl sites for hydroxylation is 2. The van der Waals surface area contributed by atoms with Gasteiger partial charge in [-0.15, -0.1) is 0 Å². The van der Waals surface area contributed by atoms with Crippen LogP contribution in [0.4, 0.5) is 0 Å². The molecule has 1 aliphatic carbocycles. The summed E-state index contributed by atoms with van der Waals surface area (Å²) in [5.74, 6) is 0. The van der Waals surface area contributed by atoms with Crippen molar-refractivity contribution in [2.24, 2.45) is 7.05 Å². The molecule has 1 fully saturated rings. The lowest BCUT2D eigenvalue weighted by molar-refractivity contribution is 0.189. The van der Waals surface area contributed by atoms with Gasteiger partial charge in [0.25, 0.3) is 0 Å². The van der Waals surface area contributed by atoms with Crippen molar-refractivity contribution in [2.45, 2.75) is 58.0 Å². The maximum absolute atomic E-state index is 6.23. The summed E-state index contributed by atoms with van der Waals surface area (Å²) in [6.45, 7) is 5.03. The van der Waals surface area contributed by atoms with Gasteiger partial charge < -0.3 is 10.2 Å². The van der Waals surface area contributed by atoms with E-state index in [1.165, 1.54) is 45.1 Å². The lowest BCUT2D eigenvalue weighted by Crippen LogP contribution is -2.35. The van der Waals surface area contributed by atoms with Crippen molar-refractivity contribution in [3.05, 3.63) is 16.4 Å². The molecule has 0 atom stereocenters. The molecule has 0 saturated heterocycles. The van der Waals surface area contributed by atoms with E-state index in [1.807, 2.05) is 14.0 Å². The van der Waals surface area contributed by atoms with Gasteiger partial charge in [0, 0.05) is 25.2 Å². The predicted octanol–water partition coefficient (Wildman–Crippen LogP) is 3.13. The van der Waals surface area contributed by atoms with Crippen molar-refractivity contribution in [3.63, 3.8) is 0 Å². The first-order valence-corrected chi connectivity index (χ1v) is 8.56. The van der Waals surface area contributed by atoms with Gasteiger partial charge in [0.2, 0.25) is 0 Å². The molecule has 0 aliphatic heterocycles.